The Labute approximate surface area is 144 Å². The van der Waals surface area contributed by atoms with Gasteiger partial charge in [-0.1, -0.05) is 23.8 Å². The van der Waals surface area contributed by atoms with Crippen LogP contribution in [0.1, 0.15) is 23.1 Å². The third kappa shape index (κ3) is 3.76. The Morgan fingerprint density at radius 2 is 1.88 bits per heavy atom. The van der Waals surface area contributed by atoms with E-state index in [1.165, 1.54) is 12.1 Å². The predicted octanol–water partition coefficient (Wildman–Crippen LogP) is 3.51. The number of aryl methyl sites for hydroxylation is 2. The Bertz CT molecular complexity index is 990. The van der Waals surface area contributed by atoms with E-state index in [2.05, 4.69) is 0 Å². The first kappa shape index (κ1) is 16.9. The Balaban J connectivity index is 2.10. The van der Waals surface area contributed by atoms with Gasteiger partial charge in [-0.2, -0.15) is 0 Å². The normalized spacial score (nSPS) is 11.0. The van der Waals surface area contributed by atoms with Gasteiger partial charge in [0.05, 0.1) is 11.9 Å². The van der Waals surface area contributed by atoms with Gasteiger partial charge in [0, 0.05) is 30.1 Å². The highest BCUT2D eigenvalue weighted by atomic mass is 19.1. The zero-order chi connectivity index (χ0) is 18.0. The summed E-state index contributed by atoms with van der Waals surface area (Å²) in [6.07, 6.45) is 2.06. The summed E-state index contributed by atoms with van der Waals surface area (Å²) < 4.78 is 14.9. The minimum atomic E-state index is -0.890. The second-order valence-electron chi connectivity index (χ2n) is 6.14. The average molecular weight is 339 g/mol. The van der Waals surface area contributed by atoms with Gasteiger partial charge in [-0.3, -0.25) is 9.59 Å². The van der Waals surface area contributed by atoms with Crippen molar-refractivity contribution in [2.45, 2.75) is 26.3 Å². The molecule has 0 spiro atoms. The molecule has 1 heterocycles. The van der Waals surface area contributed by atoms with Crippen LogP contribution < -0.4 is 5.43 Å². The molecule has 0 amide bonds. The molecule has 3 rings (SSSR count). The van der Waals surface area contributed by atoms with Crippen molar-refractivity contribution in [2.24, 2.45) is 0 Å². The van der Waals surface area contributed by atoms with Gasteiger partial charge < -0.3 is 9.67 Å². The fourth-order valence-electron chi connectivity index (χ4n) is 2.92. The molecule has 1 N–H and O–H groups in total. The molecule has 5 heteroatoms. The number of nitrogens with zero attached hydrogens (tertiary/aromatic N) is 1. The molecular weight excluding hydrogens is 321 g/mol. The third-order valence-corrected chi connectivity index (χ3v) is 4.18. The number of aliphatic carboxylic acids is 1. The number of carboxylic acids is 1. The molecule has 0 fully saturated rings. The van der Waals surface area contributed by atoms with Crippen LogP contribution in [0.4, 0.5) is 4.39 Å². The highest BCUT2D eigenvalue weighted by Crippen LogP contribution is 2.17. The number of benzene rings is 2. The van der Waals surface area contributed by atoms with Crippen LogP contribution in [0.2, 0.25) is 0 Å². The van der Waals surface area contributed by atoms with E-state index in [0.717, 1.165) is 16.6 Å². The zero-order valence-corrected chi connectivity index (χ0v) is 13.8. The molecule has 0 aliphatic heterocycles. The number of hydrogen-bond acceptors (Lipinski definition) is 2. The number of halogens is 1. The van der Waals surface area contributed by atoms with Gasteiger partial charge in [0.25, 0.3) is 0 Å². The second-order valence-corrected chi connectivity index (χ2v) is 6.14. The Kier molecular flexibility index (Phi) is 4.65. The largest absolute Gasteiger partial charge is 0.481 e. The monoisotopic (exact) mass is 339 g/mol. The lowest BCUT2D eigenvalue weighted by Crippen LogP contribution is -2.16. The Morgan fingerprint density at radius 3 is 2.56 bits per heavy atom. The number of pyridine rings is 1. The van der Waals surface area contributed by atoms with E-state index in [1.807, 2.05) is 29.7 Å². The minimum absolute atomic E-state index is 0.0260. The summed E-state index contributed by atoms with van der Waals surface area (Å²) in [7, 11) is 0. The van der Waals surface area contributed by atoms with E-state index >= 15 is 0 Å². The van der Waals surface area contributed by atoms with Crippen LogP contribution in [0.3, 0.4) is 0 Å². The van der Waals surface area contributed by atoms with Gasteiger partial charge >= 0.3 is 5.97 Å². The third-order valence-electron chi connectivity index (χ3n) is 4.18. The summed E-state index contributed by atoms with van der Waals surface area (Å²) in [6, 6.07) is 11.6. The molecule has 128 valence electrons. The minimum Gasteiger partial charge on any atom is -0.481 e. The number of aromatic nitrogens is 1. The number of carboxylic acid groups (broad SMARTS) is 1. The first-order valence-corrected chi connectivity index (χ1v) is 8.03. The number of hydrogen-bond donors (Lipinski definition) is 1. The van der Waals surface area contributed by atoms with Gasteiger partial charge in [0.1, 0.15) is 5.82 Å². The van der Waals surface area contributed by atoms with Crippen molar-refractivity contribution in [1.29, 1.82) is 0 Å². The summed E-state index contributed by atoms with van der Waals surface area (Å²) in [5.74, 6) is -1.21. The molecular formula is C20H18FNO3. The molecule has 1 aromatic heterocycles. The van der Waals surface area contributed by atoms with E-state index in [1.54, 1.807) is 18.3 Å². The van der Waals surface area contributed by atoms with E-state index in [9.17, 15) is 14.0 Å². The maximum Gasteiger partial charge on any atom is 0.305 e. The van der Waals surface area contributed by atoms with Gasteiger partial charge in [0.15, 0.2) is 5.43 Å². The van der Waals surface area contributed by atoms with Gasteiger partial charge in [-0.05, 0) is 36.8 Å². The van der Waals surface area contributed by atoms with E-state index < -0.39 is 5.97 Å². The van der Waals surface area contributed by atoms with Crippen LogP contribution in [-0.2, 0) is 17.8 Å². The summed E-state index contributed by atoms with van der Waals surface area (Å²) in [5, 5.41) is 9.54. The fraction of sp³-hybridized carbons (Fsp3) is 0.200. The van der Waals surface area contributed by atoms with Crippen molar-refractivity contribution in [3.63, 3.8) is 0 Å². The molecule has 0 bridgehead atoms. The second kappa shape index (κ2) is 6.89. The molecule has 0 aliphatic rings. The first-order valence-electron chi connectivity index (χ1n) is 8.03. The summed E-state index contributed by atoms with van der Waals surface area (Å²) in [4.78, 5) is 23.8. The first-order chi connectivity index (χ1) is 11.9. The van der Waals surface area contributed by atoms with Crippen LogP contribution in [0.5, 0.6) is 0 Å². The van der Waals surface area contributed by atoms with Crippen molar-refractivity contribution in [3.05, 3.63) is 81.4 Å². The van der Waals surface area contributed by atoms with Crippen LogP contribution in [0.15, 0.2) is 53.5 Å². The van der Waals surface area contributed by atoms with Gasteiger partial charge in [0.2, 0.25) is 0 Å². The van der Waals surface area contributed by atoms with Crippen molar-refractivity contribution in [2.75, 3.05) is 0 Å². The van der Waals surface area contributed by atoms with Crippen LogP contribution in [0.25, 0.3) is 10.9 Å². The smallest absolute Gasteiger partial charge is 0.305 e. The fourth-order valence-corrected chi connectivity index (χ4v) is 2.92. The molecule has 0 aliphatic carbocycles. The van der Waals surface area contributed by atoms with Crippen molar-refractivity contribution >= 4 is 16.9 Å². The van der Waals surface area contributed by atoms with Crippen molar-refractivity contribution in [3.8, 4) is 0 Å². The van der Waals surface area contributed by atoms with Crippen molar-refractivity contribution in [1.82, 2.24) is 4.57 Å². The molecule has 0 radical (unpaired) electrons. The highest BCUT2D eigenvalue weighted by molar-refractivity contribution is 5.80. The predicted molar refractivity (Wildman–Crippen MR) is 94.4 cm³/mol. The van der Waals surface area contributed by atoms with Gasteiger partial charge in [-0.15, -0.1) is 0 Å². The maximum atomic E-state index is 13.1. The van der Waals surface area contributed by atoms with Crippen LogP contribution >= 0.6 is 0 Å². The summed E-state index contributed by atoms with van der Waals surface area (Å²) in [6.45, 7) is 2.19. The van der Waals surface area contributed by atoms with Crippen molar-refractivity contribution < 1.29 is 14.3 Å². The SMILES string of the molecule is Cc1ccc2c(c1)c(=O)c(Cc1ccc(F)cc1)cn2CCC(=O)O. The Morgan fingerprint density at radius 1 is 1.16 bits per heavy atom. The van der Waals surface area contributed by atoms with Crippen LogP contribution in [0, 0.1) is 12.7 Å². The lowest BCUT2D eigenvalue weighted by molar-refractivity contribution is -0.137. The van der Waals surface area contributed by atoms with E-state index in [0.29, 0.717) is 17.4 Å². The Hall–Kier alpha value is -2.95. The molecule has 0 atom stereocenters. The molecule has 3 aromatic rings. The number of carbonyl (C=O) groups is 1. The molecule has 4 nitrogen and oxygen atoms in total. The maximum absolute atomic E-state index is 13.1. The molecule has 0 unspecified atom stereocenters. The van der Waals surface area contributed by atoms with Crippen LogP contribution in [-0.4, -0.2) is 15.6 Å². The molecule has 0 saturated carbocycles. The molecule has 25 heavy (non-hydrogen) atoms. The zero-order valence-electron chi connectivity index (χ0n) is 13.8. The standard InChI is InChI=1S/C20H18FNO3/c1-13-2-7-18-17(10-13)20(25)15(12-22(18)9-8-19(23)24)11-14-3-5-16(21)6-4-14/h2-7,10,12H,8-9,11H2,1H3,(H,23,24). The summed E-state index contributed by atoms with van der Waals surface area (Å²) in [5.41, 5.74) is 3.01. The number of fused-ring (bicyclic) bond motifs is 1. The summed E-state index contributed by atoms with van der Waals surface area (Å²) >= 11 is 0. The molecule has 2 aromatic carbocycles. The topological polar surface area (TPSA) is 59.3 Å². The lowest BCUT2D eigenvalue weighted by atomic mass is 10.0. The highest BCUT2D eigenvalue weighted by Gasteiger charge is 2.11. The lowest BCUT2D eigenvalue weighted by Gasteiger charge is -2.13. The van der Waals surface area contributed by atoms with Gasteiger partial charge in [-0.25, -0.2) is 4.39 Å². The number of rotatable bonds is 5. The average Bonchev–Trinajstić information content (AvgIpc) is 2.58. The van der Waals surface area contributed by atoms with E-state index in [4.69, 9.17) is 5.11 Å². The quantitative estimate of drug-likeness (QED) is 0.774. The van der Waals surface area contributed by atoms with E-state index in [-0.39, 0.29) is 24.2 Å². The molecule has 0 saturated heterocycles.